The van der Waals surface area contributed by atoms with Crippen molar-refractivity contribution < 1.29 is 0 Å². The van der Waals surface area contributed by atoms with Gasteiger partial charge < -0.3 is 5.73 Å². The number of hydrogen-bond acceptors (Lipinski definition) is 1. The molecule has 0 aliphatic heterocycles. The molecule has 0 saturated heterocycles. The summed E-state index contributed by atoms with van der Waals surface area (Å²) in [7, 11) is 0. The monoisotopic (exact) mass is 183 g/mol. The standard InChI is InChI=1S/C12H25N/c1-4-12(13)11-6-5-9(2)7-10(3)8-11/h9-12H,4-8,13H2,1-3H3. The van der Waals surface area contributed by atoms with E-state index in [1.54, 1.807) is 0 Å². The summed E-state index contributed by atoms with van der Waals surface area (Å²) >= 11 is 0. The fourth-order valence-corrected chi connectivity index (χ4v) is 2.76. The van der Waals surface area contributed by atoms with Gasteiger partial charge in [-0.05, 0) is 43.4 Å². The molecule has 2 N–H and O–H groups in total. The molecular weight excluding hydrogens is 158 g/mol. The second-order valence-corrected chi connectivity index (χ2v) is 5.09. The van der Waals surface area contributed by atoms with Crippen LogP contribution < -0.4 is 5.73 Å². The Morgan fingerprint density at radius 2 is 1.85 bits per heavy atom. The SMILES string of the molecule is CCC(N)C1CCC(C)CC(C)C1. The van der Waals surface area contributed by atoms with E-state index in [0.717, 1.165) is 24.2 Å². The van der Waals surface area contributed by atoms with E-state index < -0.39 is 0 Å². The lowest BCUT2D eigenvalue weighted by atomic mass is 9.87. The molecule has 4 atom stereocenters. The molecule has 1 rings (SSSR count). The Morgan fingerprint density at radius 3 is 2.46 bits per heavy atom. The molecule has 1 fully saturated rings. The molecule has 0 aromatic rings. The maximum Gasteiger partial charge on any atom is 0.00646 e. The van der Waals surface area contributed by atoms with Gasteiger partial charge in [-0.15, -0.1) is 0 Å². The van der Waals surface area contributed by atoms with Crippen molar-refractivity contribution in [2.75, 3.05) is 0 Å². The smallest absolute Gasteiger partial charge is 0.00646 e. The van der Waals surface area contributed by atoms with Gasteiger partial charge in [-0.25, -0.2) is 0 Å². The molecule has 0 heterocycles. The lowest BCUT2D eigenvalue weighted by Gasteiger charge is -2.22. The van der Waals surface area contributed by atoms with Crippen molar-refractivity contribution >= 4 is 0 Å². The van der Waals surface area contributed by atoms with Gasteiger partial charge in [0.1, 0.15) is 0 Å². The van der Waals surface area contributed by atoms with E-state index in [1.165, 1.54) is 25.7 Å². The third-order valence-corrected chi connectivity index (χ3v) is 3.62. The maximum atomic E-state index is 6.12. The van der Waals surface area contributed by atoms with Gasteiger partial charge in [-0.2, -0.15) is 0 Å². The van der Waals surface area contributed by atoms with Crippen LogP contribution in [-0.4, -0.2) is 6.04 Å². The predicted molar refractivity (Wildman–Crippen MR) is 58.6 cm³/mol. The van der Waals surface area contributed by atoms with Crippen molar-refractivity contribution in [3.8, 4) is 0 Å². The van der Waals surface area contributed by atoms with E-state index in [2.05, 4.69) is 20.8 Å². The van der Waals surface area contributed by atoms with Gasteiger partial charge in [0.05, 0.1) is 0 Å². The summed E-state index contributed by atoms with van der Waals surface area (Å²) in [6, 6.07) is 0.452. The molecule has 1 heteroatoms. The summed E-state index contributed by atoms with van der Waals surface area (Å²) < 4.78 is 0. The van der Waals surface area contributed by atoms with Crippen LogP contribution in [0.3, 0.4) is 0 Å². The van der Waals surface area contributed by atoms with Crippen LogP contribution in [0, 0.1) is 17.8 Å². The summed E-state index contributed by atoms with van der Waals surface area (Å²) in [5, 5.41) is 0. The summed E-state index contributed by atoms with van der Waals surface area (Å²) in [6.45, 7) is 6.98. The van der Waals surface area contributed by atoms with Gasteiger partial charge >= 0.3 is 0 Å². The van der Waals surface area contributed by atoms with E-state index in [9.17, 15) is 0 Å². The van der Waals surface area contributed by atoms with Crippen LogP contribution in [0.2, 0.25) is 0 Å². The Bertz CT molecular complexity index is 144. The van der Waals surface area contributed by atoms with Crippen molar-refractivity contribution in [1.29, 1.82) is 0 Å². The van der Waals surface area contributed by atoms with Crippen LogP contribution in [0.15, 0.2) is 0 Å². The third kappa shape index (κ3) is 3.30. The minimum absolute atomic E-state index is 0.452. The highest BCUT2D eigenvalue weighted by molar-refractivity contribution is 4.78. The zero-order valence-corrected chi connectivity index (χ0v) is 9.42. The van der Waals surface area contributed by atoms with Gasteiger partial charge in [0.15, 0.2) is 0 Å². The molecule has 0 amide bonds. The predicted octanol–water partition coefficient (Wildman–Crippen LogP) is 3.19. The molecule has 0 aromatic carbocycles. The zero-order chi connectivity index (χ0) is 9.84. The van der Waals surface area contributed by atoms with Crippen molar-refractivity contribution in [3.05, 3.63) is 0 Å². The highest BCUT2D eigenvalue weighted by Gasteiger charge is 2.24. The van der Waals surface area contributed by atoms with Crippen LogP contribution in [0.1, 0.15) is 52.9 Å². The summed E-state index contributed by atoms with van der Waals surface area (Å²) in [5.74, 6) is 2.61. The number of hydrogen-bond donors (Lipinski definition) is 1. The van der Waals surface area contributed by atoms with Crippen LogP contribution in [-0.2, 0) is 0 Å². The van der Waals surface area contributed by atoms with Gasteiger partial charge in [0, 0.05) is 6.04 Å². The van der Waals surface area contributed by atoms with Gasteiger partial charge in [0.25, 0.3) is 0 Å². The molecule has 0 aromatic heterocycles. The fourth-order valence-electron chi connectivity index (χ4n) is 2.76. The van der Waals surface area contributed by atoms with E-state index in [1.807, 2.05) is 0 Å². The first-order chi connectivity index (χ1) is 6.13. The minimum Gasteiger partial charge on any atom is -0.327 e. The molecule has 0 radical (unpaired) electrons. The second kappa shape index (κ2) is 4.99. The van der Waals surface area contributed by atoms with E-state index >= 15 is 0 Å². The minimum atomic E-state index is 0.452. The normalized spacial score (nSPS) is 38.3. The van der Waals surface area contributed by atoms with E-state index in [0.29, 0.717) is 6.04 Å². The highest BCUT2D eigenvalue weighted by atomic mass is 14.6. The van der Waals surface area contributed by atoms with Crippen LogP contribution in [0.25, 0.3) is 0 Å². The quantitative estimate of drug-likeness (QED) is 0.654. The van der Waals surface area contributed by atoms with Gasteiger partial charge in [-0.1, -0.05) is 27.2 Å². The van der Waals surface area contributed by atoms with Crippen LogP contribution >= 0.6 is 0 Å². The van der Waals surface area contributed by atoms with Crippen molar-refractivity contribution in [3.63, 3.8) is 0 Å². The number of rotatable bonds is 2. The third-order valence-electron chi connectivity index (χ3n) is 3.62. The maximum absolute atomic E-state index is 6.12. The summed E-state index contributed by atoms with van der Waals surface area (Å²) in [4.78, 5) is 0. The first kappa shape index (κ1) is 11.0. The lowest BCUT2D eigenvalue weighted by Crippen LogP contribution is -2.29. The fraction of sp³-hybridized carbons (Fsp3) is 1.00. The Balaban J connectivity index is 2.47. The van der Waals surface area contributed by atoms with Crippen molar-refractivity contribution in [1.82, 2.24) is 0 Å². The molecule has 1 nitrogen and oxygen atoms in total. The average molecular weight is 183 g/mol. The first-order valence-corrected chi connectivity index (χ1v) is 5.89. The van der Waals surface area contributed by atoms with Gasteiger partial charge in [0.2, 0.25) is 0 Å². The van der Waals surface area contributed by atoms with Crippen LogP contribution in [0.4, 0.5) is 0 Å². The molecule has 78 valence electrons. The molecule has 13 heavy (non-hydrogen) atoms. The highest BCUT2D eigenvalue weighted by Crippen LogP contribution is 2.32. The van der Waals surface area contributed by atoms with Crippen LogP contribution in [0.5, 0.6) is 0 Å². The number of nitrogens with two attached hydrogens (primary N) is 1. The summed E-state index contributed by atoms with van der Waals surface area (Å²) in [5.41, 5.74) is 6.12. The topological polar surface area (TPSA) is 26.0 Å². The second-order valence-electron chi connectivity index (χ2n) is 5.09. The Hall–Kier alpha value is -0.0400. The molecule has 1 saturated carbocycles. The average Bonchev–Trinajstić information content (AvgIpc) is 2.25. The molecule has 1 aliphatic rings. The van der Waals surface area contributed by atoms with E-state index in [-0.39, 0.29) is 0 Å². The van der Waals surface area contributed by atoms with Crippen molar-refractivity contribution in [2.45, 2.75) is 58.9 Å². The largest absolute Gasteiger partial charge is 0.327 e. The molecular formula is C12H25N. The zero-order valence-electron chi connectivity index (χ0n) is 9.42. The molecule has 0 spiro atoms. The first-order valence-electron chi connectivity index (χ1n) is 5.89. The van der Waals surface area contributed by atoms with Crippen molar-refractivity contribution in [2.24, 2.45) is 23.5 Å². The Kier molecular flexibility index (Phi) is 4.24. The van der Waals surface area contributed by atoms with E-state index in [4.69, 9.17) is 5.73 Å². The summed E-state index contributed by atoms with van der Waals surface area (Å²) in [6.07, 6.45) is 6.67. The Labute approximate surface area is 83.1 Å². The molecule has 1 aliphatic carbocycles. The Morgan fingerprint density at radius 1 is 1.15 bits per heavy atom. The lowest BCUT2D eigenvalue weighted by molar-refractivity contribution is 0.330. The molecule has 4 unspecified atom stereocenters. The molecule has 0 bridgehead atoms. The van der Waals surface area contributed by atoms with Gasteiger partial charge in [-0.3, -0.25) is 0 Å².